The van der Waals surface area contributed by atoms with Gasteiger partial charge in [-0.05, 0) is 20.3 Å². The predicted octanol–water partition coefficient (Wildman–Crippen LogP) is 2.31. The zero-order chi connectivity index (χ0) is 19.1. The van der Waals surface area contributed by atoms with E-state index < -0.39 is 0 Å². The molecular weight excluding hydrogens is 340 g/mol. The smallest absolute Gasteiger partial charge is 0.0703 e. The molecule has 0 radical (unpaired) electrons. The standard InChI is InChI=1S/C19H40O7/c1-4-5-6-20-7-8-21-9-10-22-11-12-23-13-14-24-15-16-25-17-18-26-19(2)3/h19H,4-18H2,1-3H3. The topological polar surface area (TPSA) is 64.6 Å². The molecule has 0 rings (SSSR count). The Morgan fingerprint density at radius 2 is 0.769 bits per heavy atom. The van der Waals surface area contributed by atoms with Gasteiger partial charge in [0.05, 0.1) is 85.4 Å². The molecular formula is C19H40O7. The van der Waals surface area contributed by atoms with Crippen LogP contribution in [0.15, 0.2) is 0 Å². The van der Waals surface area contributed by atoms with Gasteiger partial charge in [-0.1, -0.05) is 13.3 Å². The van der Waals surface area contributed by atoms with Gasteiger partial charge in [0.1, 0.15) is 0 Å². The summed E-state index contributed by atoms with van der Waals surface area (Å²) in [7, 11) is 0. The second kappa shape index (κ2) is 22.8. The Hall–Kier alpha value is -0.280. The minimum atomic E-state index is 0.249. The van der Waals surface area contributed by atoms with Crippen LogP contribution in [-0.2, 0) is 33.2 Å². The van der Waals surface area contributed by atoms with Gasteiger partial charge in [-0.2, -0.15) is 0 Å². The highest BCUT2D eigenvalue weighted by Crippen LogP contribution is 1.89. The van der Waals surface area contributed by atoms with E-state index in [0.717, 1.165) is 19.4 Å². The van der Waals surface area contributed by atoms with E-state index in [0.29, 0.717) is 79.3 Å². The van der Waals surface area contributed by atoms with Gasteiger partial charge in [0.25, 0.3) is 0 Å². The molecule has 0 aromatic carbocycles. The zero-order valence-corrected chi connectivity index (χ0v) is 17.0. The molecule has 7 heteroatoms. The molecule has 0 amide bonds. The lowest BCUT2D eigenvalue weighted by molar-refractivity contribution is -0.0238. The first-order chi connectivity index (χ1) is 12.8. The summed E-state index contributed by atoms with van der Waals surface area (Å²) in [5, 5.41) is 0. The van der Waals surface area contributed by atoms with Gasteiger partial charge in [-0.15, -0.1) is 0 Å². The van der Waals surface area contributed by atoms with Gasteiger partial charge >= 0.3 is 0 Å². The van der Waals surface area contributed by atoms with Gasteiger partial charge in [-0.25, -0.2) is 0 Å². The molecule has 0 bridgehead atoms. The molecule has 0 aliphatic carbocycles. The Morgan fingerprint density at radius 3 is 1.08 bits per heavy atom. The quantitative estimate of drug-likeness (QED) is 0.267. The Balaban J connectivity index is 2.97. The van der Waals surface area contributed by atoms with Crippen molar-refractivity contribution >= 4 is 0 Å². The molecule has 7 nitrogen and oxygen atoms in total. The molecule has 0 fully saturated rings. The third kappa shape index (κ3) is 23.7. The average molecular weight is 381 g/mol. The molecule has 0 heterocycles. The molecule has 0 aliphatic rings. The molecule has 0 aromatic heterocycles. The molecule has 0 aromatic rings. The first-order valence-corrected chi connectivity index (χ1v) is 9.85. The Labute approximate surface area is 159 Å². The van der Waals surface area contributed by atoms with Crippen LogP contribution in [-0.4, -0.2) is 92.0 Å². The predicted molar refractivity (Wildman–Crippen MR) is 101 cm³/mol. The zero-order valence-electron chi connectivity index (χ0n) is 17.0. The van der Waals surface area contributed by atoms with Crippen LogP contribution in [0.25, 0.3) is 0 Å². The second-order valence-electron chi connectivity index (χ2n) is 5.95. The first kappa shape index (κ1) is 25.7. The minimum absolute atomic E-state index is 0.249. The lowest BCUT2D eigenvalue weighted by Crippen LogP contribution is -2.15. The van der Waals surface area contributed by atoms with Crippen molar-refractivity contribution in [2.75, 3.05) is 85.9 Å². The van der Waals surface area contributed by atoms with Gasteiger partial charge in [0, 0.05) is 6.61 Å². The summed E-state index contributed by atoms with van der Waals surface area (Å²) in [4.78, 5) is 0. The van der Waals surface area contributed by atoms with E-state index in [2.05, 4.69) is 6.92 Å². The van der Waals surface area contributed by atoms with Crippen LogP contribution in [0.2, 0.25) is 0 Å². The molecule has 0 unspecified atom stereocenters. The summed E-state index contributed by atoms with van der Waals surface area (Å²) in [5.74, 6) is 0. The van der Waals surface area contributed by atoms with Crippen LogP contribution in [0.1, 0.15) is 33.6 Å². The SMILES string of the molecule is CCCCOCCOCCOCCOCCOCCOCCOC(C)C. The number of hydrogen-bond donors (Lipinski definition) is 0. The third-order valence-electron chi connectivity index (χ3n) is 3.18. The van der Waals surface area contributed by atoms with Crippen molar-refractivity contribution in [1.82, 2.24) is 0 Å². The number of unbranched alkanes of at least 4 members (excludes halogenated alkanes) is 1. The third-order valence-corrected chi connectivity index (χ3v) is 3.18. The summed E-state index contributed by atoms with van der Waals surface area (Å²) in [5.41, 5.74) is 0. The number of ether oxygens (including phenoxy) is 7. The highest BCUT2D eigenvalue weighted by Gasteiger charge is 1.95. The molecule has 0 N–H and O–H groups in total. The lowest BCUT2D eigenvalue weighted by Gasteiger charge is -2.09. The van der Waals surface area contributed by atoms with Crippen LogP contribution in [0, 0.1) is 0 Å². The summed E-state index contributed by atoms with van der Waals surface area (Å²) in [6, 6.07) is 0. The maximum atomic E-state index is 5.42. The van der Waals surface area contributed by atoms with E-state index in [1.165, 1.54) is 0 Å². The van der Waals surface area contributed by atoms with Crippen LogP contribution in [0.5, 0.6) is 0 Å². The highest BCUT2D eigenvalue weighted by atomic mass is 16.6. The average Bonchev–Trinajstić information content (AvgIpc) is 2.62. The monoisotopic (exact) mass is 380 g/mol. The highest BCUT2D eigenvalue weighted by molar-refractivity contribution is 4.39. The fraction of sp³-hybridized carbons (Fsp3) is 1.00. The summed E-state index contributed by atoms with van der Waals surface area (Å²) >= 11 is 0. The van der Waals surface area contributed by atoms with Crippen molar-refractivity contribution in [3.8, 4) is 0 Å². The second-order valence-corrected chi connectivity index (χ2v) is 5.95. The van der Waals surface area contributed by atoms with Crippen LogP contribution in [0.3, 0.4) is 0 Å². The van der Waals surface area contributed by atoms with Gasteiger partial charge in [-0.3, -0.25) is 0 Å². The lowest BCUT2D eigenvalue weighted by atomic mass is 10.4. The van der Waals surface area contributed by atoms with Crippen LogP contribution in [0.4, 0.5) is 0 Å². The Bertz CT molecular complexity index is 252. The van der Waals surface area contributed by atoms with Crippen molar-refractivity contribution in [1.29, 1.82) is 0 Å². The van der Waals surface area contributed by atoms with Crippen molar-refractivity contribution in [3.05, 3.63) is 0 Å². The van der Waals surface area contributed by atoms with Crippen LogP contribution < -0.4 is 0 Å². The van der Waals surface area contributed by atoms with Gasteiger partial charge < -0.3 is 33.2 Å². The van der Waals surface area contributed by atoms with E-state index in [9.17, 15) is 0 Å². The number of rotatable bonds is 22. The van der Waals surface area contributed by atoms with Crippen molar-refractivity contribution in [3.63, 3.8) is 0 Å². The molecule has 0 aliphatic heterocycles. The van der Waals surface area contributed by atoms with Gasteiger partial charge in [0.15, 0.2) is 0 Å². The summed E-state index contributed by atoms with van der Waals surface area (Å²) in [6.45, 7) is 14.0. The molecule has 0 atom stereocenters. The summed E-state index contributed by atoms with van der Waals surface area (Å²) < 4.78 is 37.8. The maximum Gasteiger partial charge on any atom is 0.0703 e. The number of hydrogen-bond acceptors (Lipinski definition) is 7. The van der Waals surface area contributed by atoms with Crippen molar-refractivity contribution in [2.24, 2.45) is 0 Å². The Kier molecular flexibility index (Phi) is 22.5. The van der Waals surface area contributed by atoms with E-state index in [1.54, 1.807) is 0 Å². The minimum Gasteiger partial charge on any atom is -0.379 e. The van der Waals surface area contributed by atoms with E-state index >= 15 is 0 Å². The Morgan fingerprint density at radius 1 is 0.462 bits per heavy atom. The van der Waals surface area contributed by atoms with Crippen molar-refractivity contribution in [2.45, 2.75) is 39.7 Å². The van der Waals surface area contributed by atoms with E-state index in [4.69, 9.17) is 33.2 Å². The molecule has 26 heavy (non-hydrogen) atoms. The van der Waals surface area contributed by atoms with Crippen molar-refractivity contribution < 1.29 is 33.2 Å². The summed E-state index contributed by atoms with van der Waals surface area (Å²) in [6.07, 6.45) is 2.51. The molecule has 0 saturated carbocycles. The molecule has 0 saturated heterocycles. The normalized spacial score (nSPS) is 11.5. The largest absolute Gasteiger partial charge is 0.379 e. The fourth-order valence-corrected chi connectivity index (χ4v) is 1.79. The van der Waals surface area contributed by atoms with Crippen LogP contribution >= 0.6 is 0 Å². The van der Waals surface area contributed by atoms with Gasteiger partial charge in [0.2, 0.25) is 0 Å². The fourth-order valence-electron chi connectivity index (χ4n) is 1.79. The van der Waals surface area contributed by atoms with E-state index in [-0.39, 0.29) is 6.10 Å². The maximum absolute atomic E-state index is 5.42. The van der Waals surface area contributed by atoms with E-state index in [1.807, 2.05) is 13.8 Å². The molecule has 158 valence electrons. The molecule has 0 spiro atoms. The first-order valence-electron chi connectivity index (χ1n) is 9.85.